The largest absolute Gasteiger partial charge is 0.435 e. The van der Waals surface area contributed by atoms with Gasteiger partial charge in [-0.15, -0.1) is 11.3 Å². The number of benzene rings is 1. The smallest absolute Gasteiger partial charge is 0.347 e. The standard InChI is InChI=1S/C25H24ClF3N4O2S/c1-5-22(34)32-11-18(17-10-21(26)36-20(17)13-32)15-8-6-7-9-16(15)19-12-33(14(2)24(35)31(3)4)30-23(19)25(27,28)29/h5-10,12,14,18H,1,11,13H2,2-4H3/t14?,18-/m1/s1. The molecule has 2 atom stereocenters. The van der Waals surface area contributed by atoms with E-state index in [0.29, 0.717) is 22.0 Å². The zero-order valence-corrected chi connectivity index (χ0v) is 21.4. The first-order valence-corrected chi connectivity index (χ1v) is 12.3. The third-order valence-corrected chi connectivity index (χ3v) is 7.50. The Balaban J connectivity index is 1.88. The van der Waals surface area contributed by atoms with Gasteiger partial charge in [0.15, 0.2) is 5.69 Å². The molecule has 0 bridgehead atoms. The van der Waals surface area contributed by atoms with Gasteiger partial charge in [-0.25, -0.2) is 0 Å². The van der Waals surface area contributed by atoms with E-state index >= 15 is 0 Å². The molecule has 0 radical (unpaired) electrons. The van der Waals surface area contributed by atoms with Crippen LogP contribution in [-0.4, -0.2) is 52.0 Å². The summed E-state index contributed by atoms with van der Waals surface area (Å²) in [6.07, 6.45) is -2.26. The Morgan fingerprint density at radius 2 is 1.94 bits per heavy atom. The van der Waals surface area contributed by atoms with Crippen molar-refractivity contribution in [3.05, 3.63) is 75.2 Å². The molecule has 0 fully saturated rings. The second-order valence-electron chi connectivity index (χ2n) is 8.77. The lowest BCUT2D eigenvalue weighted by Gasteiger charge is -2.33. The monoisotopic (exact) mass is 536 g/mol. The molecule has 11 heteroatoms. The molecule has 3 aromatic rings. The minimum atomic E-state index is -4.75. The number of halogens is 4. The Hall–Kier alpha value is -3.11. The van der Waals surface area contributed by atoms with Gasteiger partial charge in [0.1, 0.15) is 6.04 Å². The third kappa shape index (κ3) is 4.79. The summed E-state index contributed by atoms with van der Waals surface area (Å²) < 4.78 is 44.0. The van der Waals surface area contributed by atoms with Crippen LogP contribution in [0.25, 0.3) is 11.1 Å². The van der Waals surface area contributed by atoms with Crippen molar-refractivity contribution in [1.29, 1.82) is 0 Å². The topological polar surface area (TPSA) is 58.4 Å². The van der Waals surface area contributed by atoms with Gasteiger partial charge in [0.2, 0.25) is 11.8 Å². The van der Waals surface area contributed by atoms with Crippen molar-refractivity contribution < 1.29 is 22.8 Å². The zero-order chi connectivity index (χ0) is 26.4. The quantitative estimate of drug-likeness (QED) is 0.399. The van der Waals surface area contributed by atoms with E-state index in [2.05, 4.69) is 11.7 Å². The van der Waals surface area contributed by atoms with Gasteiger partial charge < -0.3 is 9.80 Å². The second-order valence-corrected chi connectivity index (χ2v) is 10.5. The summed E-state index contributed by atoms with van der Waals surface area (Å²) in [5.74, 6) is -1.06. The average molecular weight is 537 g/mol. The second kappa shape index (κ2) is 9.74. The number of amides is 2. The number of carbonyl (C=O) groups excluding carboxylic acids is 2. The van der Waals surface area contributed by atoms with Crippen LogP contribution < -0.4 is 0 Å². The highest BCUT2D eigenvalue weighted by atomic mass is 35.5. The van der Waals surface area contributed by atoms with E-state index in [1.807, 2.05) is 6.07 Å². The Kier molecular flexibility index (Phi) is 7.03. The van der Waals surface area contributed by atoms with E-state index < -0.39 is 23.8 Å². The van der Waals surface area contributed by atoms with Crippen LogP contribution in [0.5, 0.6) is 0 Å². The fraction of sp³-hybridized carbons (Fsp3) is 0.320. The highest BCUT2D eigenvalue weighted by molar-refractivity contribution is 7.16. The maximum atomic E-state index is 14.1. The van der Waals surface area contributed by atoms with E-state index in [4.69, 9.17) is 11.6 Å². The van der Waals surface area contributed by atoms with Gasteiger partial charge >= 0.3 is 6.18 Å². The van der Waals surface area contributed by atoms with E-state index in [1.54, 1.807) is 29.2 Å². The molecule has 1 aromatic carbocycles. The first kappa shape index (κ1) is 26.0. The molecule has 0 N–H and O–H groups in total. The first-order valence-electron chi connectivity index (χ1n) is 11.1. The molecule has 0 aliphatic carbocycles. The SMILES string of the molecule is C=CC(=O)N1Cc2sc(Cl)cc2[C@@H](c2ccccc2-c2cn(C(C)C(=O)N(C)C)nc2C(F)(F)F)C1. The number of hydrogen-bond donors (Lipinski definition) is 0. The van der Waals surface area contributed by atoms with Crippen LogP contribution in [0.3, 0.4) is 0 Å². The van der Waals surface area contributed by atoms with Gasteiger partial charge in [0, 0.05) is 43.2 Å². The summed E-state index contributed by atoms with van der Waals surface area (Å²) in [5.41, 5.74) is 0.596. The number of thiophene rings is 1. The number of likely N-dealkylation sites (N-methyl/N-ethyl adjacent to an activating group) is 1. The van der Waals surface area contributed by atoms with Gasteiger partial charge in [-0.05, 0) is 35.8 Å². The van der Waals surface area contributed by atoms with Crippen LogP contribution in [0.1, 0.15) is 40.6 Å². The number of rotatable bonds is 5. The van der Waals surface area contributed by atoms with Gasteiger partial charge in [-0.1, -0.05) is 42.4 Å². The van der Waals surface area contributed by atoms with Crippen molar-refractivity contribution in [1.82, 2.24) is 19.6 Å². The predicted molar refractivity (Wildman–Crippen MR) is 133 cm³/mol. The highest BCUT2D eigenvalue weighted by Gasteiger charge is 2.40. The Morgan fingerprint density at radius 3 is 2.58 bits per heavy atom. The number of nitrogens with zero attached hydrogens (tertiary/aromatic N) is 4. The predicted octanol–water partition coefficient (Wildman–Crippen LogP) is 5.59. The zero-order valence-electron chi connectivity index (χ0n) is 19.8. The molecule has 2 aromatic heterocycles. The Morgan fingerprint density at radius 1 is 1.25 bits per heavy atom. The maximum Gasteiger partial charge on any atom is 0.435 e. The number of alkyl halides is 3. The van der Waals surface area contributed by atoms with Crippen molar-refractivity contribution in [2.45, 2.75) is 31.6 Å². The van der Waals surface area contributed by atoms with Crippen LogP contribution in [0.4, 0.5) is 13.2 Å². The van der Waals surface area contributed by atoms with Crippen LogP contribution in [0, 0.1) is 0 Å². The van der Waals surface area contributed by atoms with Crippen molar-refractivity contribution in [2.24, 2.45) is 0 Å². The lowest BCUT2D eigenvalue weighted by Crippen LogP contribution is -2.37. The molecule has 36 heavy (non-hydrogen) atoms. The minimum absolute atomic E-state index is 0.133. The molecular weight excluding hydrogens is 513 g/mol. The third-order valence-electron chi connectivity index (χ3n) is 6.23. The van der Waals surface area contributed by atoms with Crippen molar-refractivity contribution in [2.75, 3.05) is 20.6 Å². The molecule has 1 aliphatic rings. The minimum Gasteiger partial charge on any atom is -0.347 e. The van der Waals surface area contributed by atoms with Crippen molar-refractivity contribution in [3.8, 4) is 11.1 Å². The molecule has 3 heterocycles. The van der Waals surface area contributed by atoms with Crippen LogP contribution in [-0.2, 0) is 22.3 Å². The van der Waals surface area contributed by atoms with Gasteiger partial charge in [0.25, 0.3) is 0 Å². The number of aromatic nitrogens is 2. The fourth-order valence-corrected chi connectivity index (χ4v) is 5.83. The van der Waals surface area contributed by atoms with Crippen LogP contribution in [0.15, 0.2) is 49.2 Å². The number of carbonyl (C=O) groups is 2. The van der Waals surface area contributed by atoms with E-state index in [9.17, 15) is 22.8 Å². The summed E-state index contributed by atoms with van der Waals surface area (Å²) in [6.45, 7) is 5.68. The van der Waals surface area contributed by atoms with Crippen LogP contribution in [0.2, 0.25) is 4.34 Å². The van der Waals surface area contributed by atoms with Crippen LogP contribution >= 0.6 is 22.9 Å². The Bertz CT molecular complexity index is 1330. The number of fused-ring (bicyclic) bond motifs is 1. The molecule has 2 amide bonds. The summed E-state index contributed by atoms with van der Waals surface area (Å²) in [6, 6.07) is 7.64. The molecule has 1 aliphatic heterocycles. The summed E-state index contributed by atoms with van der Waals surface area (Å²) in [7, 11) is 3.07. The summed E-state index contributed by atoms with van der Waals surface area (Å²) in [5, 5.41) is 3.80. The van der Waals surface area contributed by atoms with Gasteiger partial charge in [0.05, 0.1) is 10.9 Å². The lowest BCUT2D eigenvalue weighted by molar-refractivity contribution is -0.142. The molecule has 0 spiro atoms. The highest BCUT2D eigenvalue weighted by Crippen LogP contribution is 2.45. The normalized spacial score (nSPS) is 16.4. The van der Waals surface area contributed by atoms with E-state index in [0.717, 1.165) is 15.1 Å². The average Bonchev–Trinajstić information content (AvgIpc) is 3.45. The molecular formula is C25H24ClF3N4O2S. The van der Waals surface area contributed by atoms with Crippen molar-refractivity contribution in [3.63, 3.8) is 0 Å². The summed E-state index contributed by atoms with van der Waals surface area (Å²) >= 11 is 7.64. The molecule has 6 nitrogen and oxygen atoms in total. The molecule has 0 saturated heterocycles. The lowest BCUT2D eigenvalue weighted by atomic mass is 9.84. The first-order chi connectivity index (χ1) is 16.9. The summed E-state index contributed by atoms with van der Waals surface area (Å²) in [4.78, 5) is 28.7. The number of hydrogen-bond acceptors (Lipinski definition) is 4. The van der Waals surface area contributed by atoms with Gasteiger partial charge in [-0.3, -0.25) is 14.3 Å². The van der Waals surface area contributed by atoms with E-state index in [1.165, 1.54) is 49.5 Å². The molecule has 190 valence electrons. The molecule has 0 saturated carbocycles. The van der Waals surface area contributed by atoms with Crippen molar-refractivity contribution >= 4 is 34.8 Å². The molecule has 4 rings (SSSR count). The Labute approximate surface area is 215 Å². The molecule has 1 unspecified atom stereocenters. The fourth-order valence-electron chi connectivity index (χ4n) is 4.48. The van der Waals surface area contributed by atoms with Gasteiger partial charge in [-0.2, -0.15) is 18.3 Å². The van der Waals surface area contributed by atoms with E-state index in [-0.39, 0.29) is 23.9 Å². The maximum absolute atomic E-state index is 14.1.